The summed E-state index contributed by atoms with van der Waals surface area (Å²) in [6.45, 7) is 6.63. The van der Waals surface area contributed by atoms with Crippen LogP contribution in [0.4, 0.5) is 23.5 Å². The number of nitrogens with one attached hydrogen (secondary N) is 4. The summed E-state index contributed by atoms with van der Waals surface area (Å²) < 4.78 is 0. The van der Waals surface area contributed by atoms with Gasteiger partial charge >= 0.3 is 0 Å². The minimum absolute atomic E-state index is 0. The normalized spacial score (nSPS) is 11.0. The van der Waals surface area contributed by atoms with E-state index in [2.05, 4.69) is 48.1 Å². The number of fused-ring (bicyclic) bond motifs is 1. The molecule has 2 rings (SSSR count). The van der Waals surface area contributed by atoms with E-state index in [9.17, 15) is 5.11 Å². The maximum atomic E-state index is 9.86. The molecular formula is C15H27ClN8O. The average Bonchev–Trinajstić information content (AvgIpc) is 2.56. The highest BCUT2D eigenvalue weighted by Gasteiger charge is 2.17. The Kier molecular flexibility index (Phi) is 7.38. The van der Waals surface area contributed by atoms with Crippen LogP contribution in [-0.4, -0.2) is 57.8 Å². The van der Waals surface area contributed by atoms with Gasteiger partial charge in [-0.2, -0.15) is 9.97 Å². The van der Waals surface area contributed by atoms with Crippen molar-refractivity contribution in [2.75, 3.05) is 48.5 Å². The molecule has 140 valence electrons. The number of aromatic nitrogens is 4. The Morgan fingerprint density at radius 2 is 1.36 bits per heavy atom. The largest absolute Gasteiger partial charge is 0.389 e. The lowest BCUT2D eigenvalue weighted by atomic mass is 10.1. The van der Waals surface area contributed by atoms with E-state index >= 15 is 0 Å². The van der Waals surface area contributed by atoms with Crippen LogP contribution in [0.1, 0.15) is 27.2 Å². The van der Waals surface area contributed by atoms with Gasteiger partial charge in [0.25, 0.3) is 0 Å². The molecule has 0 aliphatic rings. The number of hydrogen-bond donors (Lipinski definition) is 5. The molecule has 0 saturated heterocycles. The lowest BCUT2D eigenvalue weighted by Crippen LogP contribution is -2.30. The summed E-state index contributed by atoms with van der Waals surface area (Å²) in [5, 5.41) is 22.2. The third-order valence-corrected chi connectivity index (χ3v) is 3.23. The van der Waals surface area contributed by atoms with Crippen LogP contribution in [0.5, 0.6) is 0 Å². The van der Waals surface area contributed by atoms with Crippen LogP contribution < -0.4 is 21.3 Å². The molecule has 0 unspecified atom stereocenters. The van der Waals surface area contributed by atoms with E-state index in [1.165, 1.54) is 0 Å². The molecule has 0 fully saturated rings. The second kappa shape index (κ2) is 8.82. The molecule has 0 aliphatic heterocycles. The topological polar surface area (TPSA) is 120 Å². The number of aliphatic hydroxyl groups is 1. The van der Waals surface area contributed by atoms with Crippen LogP contribution in [0.2, 0.25) is 0 Å². The Morgan fingerprint density at radius 1 is 0.880 bits per heavy atom. The predicted octanol–water partition coefficient (Wildman–Crippen LogP) is 1.93. The molecule has 2 heterocycles. The monoisotopic (exact) mass is 370 g/mol. The minimum atomic E-state index is -0.867. The summed E-state index contributed by atoms with van der Waals surface area (Å²) in [5.41, 5.74) is 0.371. The second-order valence-corrected chi connectivity index (χ2v) is 6.08. The van der Waals surface area contributed by atoms with E-state index < -0.39 is 5.60 Å². The van der Waals surface area contributed by atoms with E-state index in [1.54, 1.807) is 27.9 Å². The quantitative estimate of drug-likeness (QED) is 0.474. The molecule has 0 spiro atoms. The van der Waals surface area contributed by atoms with Crippen molar-refractivity contribution in [2.45, 2.75) is 32.8 Å². The van der Waals surface area contributed by atoms with Crippen molar-refractivity contribution in [3.8, 4) is 0 Å². The van der Waals surface area contributed by atoms with Crippen molar-refractivity contribution >= 4 is 47.0 Å². The van der Waals surface area contributed by atoms with Crippen LogP contribution in [0.15, 0.2) is 0 Å². The molecule has 9 nitrogen and oxygen atoms in total. The molecule has 0 saturated carbocycles. The minimum Gasteiger partial charge on any atom is -0.389 e. The highest BCUT2D eigenvalue weighted by atomic mass is 35.5. The van der Waals surface area contributed by atoms with Gasteiger partial charge in [0.05, 0.1) is 5.60 Å². The summed E-state index contributed by atoms with van der Waals surface area (Å²) in [4.78, 5) is 17.9. The van der Waals surface area contributed by atoms with Gasteiger partial charge in [0.15, 0.2) is 11.6 Å². The lowest BCUT2D eigenvalue weighted by Gasteiger charge is -2.18. The van der Waals surface area contributed by atoms with Gasteiger partial charge in [0.1, 0.15) is 11.0 Å². The first-order valence-corrected chi connectivity index (χ1v) is 8.03. The molecule has 5 N–H and O–H groups in total. The number of rotatable bonds is 8. The summed E-state index contributed by atoms with van der Waals surface area (Å²) >= 11 is 0. The van der Waals surface area contributed by atoms with E-state index in [-0.39, 0.29) is 12.4 Å². The fourth-order valence-corrected chi connectivity index (χ4v) is 2.05. The molecule has 2 aromatic rings. The molecule has 0 aliphatic carbocycles. The van der Waals surface area contributed by atoms with Gasteiger partial charge in [0, 0.05) is 27.2 Å². The summed E-state index contributed by atoms with van der Waals surface area (Å²) in [5.74, 6) is 2.15. The van der Waals surface area contributed by atoms with Crippen LogP contribution in [-0.2, 0) is 0 Å². The van der Waals surface area contributed by atoms with Crippen molar-refractivity contribution in [1.82, 2.24) is 19.9 Å². The first-order valence-electron chi connectivity index (χ1n) is 8.03. The van der Waals surface area contributed by atoms with E-state index in [0.29, 0.717) is 41.1 Å². The van der Waals surface area contributed by atoms with E-state index in [0.717, 1.165) is 13.0 Å². The maximum Gasteiger partial charge on any atom is 0.225 e. The lowest BCUT2D eigenvalue weighted by molar-refractivity contribution is 0.0943. The average molecular weight is 371 g/mol. The molecule has 0 amide bonds. The van der Waals surface area contributed by atoms with Gasteiger partial charge in [-0.25, -0.2) is 9.97 Å². The van der Waals surface area contributed by atoms with Crippen molar-refractivity contribution in [2.24, 2.45) is 0 Å². The number of anilines is 4. The molecule has 0 aromatic carbocycles. The van der Waals surface area contributed by atoms with E-state index in [4.69, 9.17) is 0 Å². The van der Waals surface area contributed by atoms with Gasteiger partial charge in [-0.3, -0.25) is 0 Å². The molecule has 2 aromatic heterocycles. The van der Waals surface area contributed by atoms with Gasteiger partial charge in [-0.15, -0.1) is 12.4 Å². The Labute approximate surface area is 153 Å². The fourth-order valence-electron chi connectivity index (χ4n) is 2.05. The first kappa shape index (κ1) is 20.9. The molecule has 0 bridgehead atoms. The van der Waals surface area contributed by atoms with Gasteiger partial charge in [-0.05, 0) is 20.3 Å². The van der Waals surface area contributed by atoms with Crippen molar-refractivity contribution in [1.29, 1.82) is 0 Å². The van der Waals surface area contributed by atoms with Crippen molar-refractivity contribution < 1.29 is 5.11 Å². The number of nitrogens with zero attached hydrogens (tertiary/aromatic N) is 4. The van der Waals surface area contributed by atoms with Crippen molar-refractivity contribution in [3.63, 3.8) is 0 Å². The smallest absolute Gasteiger partial charge is 0.225 e. The third kappa shape index (κ3) is 5.43. The van der Waals surface area contributed by atoms with Gasteiger partial charge in [-0.1, -0.05) is 6.92 Å². The zero-order valence-electron chi connectivity index (χ0n) is 15.3. The molecule has 0 atom stereocenters. The molecule has 10 heteroatoms. The van der Waals surface area contributed by atoms with Gasteiger partial charge in [0.2, 0.25) is 11.9 Å². The van der Waals surface area contributed by atoms with E-state index in [1.807, 2.05) is 0 Å². The first-order chi connectivity index (χ1) is 11.4. The summed E-state index contributed by atoms with van der Waals surface area (Å²) in [6.07, 6.45) is 0.978. The number of hydrogen-bond acceptors (Lipinski definition) is 9. The second-order valence-electron chi connectivity index (χ2n) is 6.08. The SMILES string of the molecule is CCCNc1nc(NC)c2nc(NCC(C)(C)O)nc(NC)c2n1.Cl. The number of halogens is 1. The van der Waals surface area contributed by atoms with Gasteiger partial charge < -0.3 is 26.4 Å². The Hall–Kier alpha value is -2.13. The fraction of sp³-hybridized carbons (Fsp3) is 0.600. The standard InChI is InChI=1S/C15H26N8O.ClH/c1-6-7-18-13-20-9-10(11(16-4)22-13)21-14(23-12(9)17-5)19-8-15(2,3)24;/h24H,6-8H2,1-5H3,(H2,16,18,20,22)(H2,17,19,21,23);1H. The Morgan fingerprint density at radius 3 is 1.76 bits per heavy atom. The zero-order chi connectivity index (χ0) is 17.7. The molecular weight excluding hydrogens is 344 g/mol. The van der Waals surface area contributed by atoms with Crippen LogP contribution in [0.25, 0.3) is 11.0 Å². The van der Waals surface area contributed by atoms with Crippen LogP contribution in [0, 0.1) is 0 Å². The Bertz CT molecular complexity index is 704. The zero-order valence-corrected chi connectivity index (χ0v) is 16.1. The maximum absolute atomic E-state index is 9.86. The molecule has 0 radical (unpaired) electrons. The summed E-state index contributed by atoms with van der Waals surface area (Å²) in [7, 11) is 3.57. The van der Waals surface area contributed by atoms with Crippen LogP contribution >= 0.6 is 12.4 Å². The summed E-state index contributed by atoms with van der Waals surface area (Å²) in [6, 6.07) is 0. The highest BCUT2D eigenvalue weighted by Crippen LogP contribution is 2.26. The van der Waals surface area contributed by atoms with Crippen molar-refractivity contribution in [3.05, 3.63) is 0 Å². The molecule has 25 heavy (non-hydrogen) atoms. The predicted molar refractivity (Wildman–Crippen MR) is 105 cm³/mol. The Balaban J connectivity index is 0.00000312. The highest BCUT2D eigenvalue weighted by molar-refractivity contribution is 5.94. The van der Waals surface area contributed by atoms with Crippen LogP contribution in [0.3, 0.4) is 0 Å². The third-order valence-electron chi connectivity index (χ3n) is 3.23.